The summed E-state index contributed by atoms with van der Waals surface area (Å²) in [5.74, 6) is 0.510. The van der Waals surface area contributed by atoms with Crippen molar-refractivity contribution in [3.05, 3.63) is 0 Å². The molecule has 0 aromatic heterocycles. The smallest absolute Gasteiger partial charge is 0.379 e. The predicted molar refractivity (Wildman–Crippen MR) is 64.8 cm³/mol. The maximum atomic E-state index is 10.2. The van der Waals surface area contributed by atoms with Gasteiger partial charge in [-0.1, -0.05) is 13.8 Å². The van der Waals surface area contributed by atoms with E-state index in [2.05, 4.69) is 18.0 Å². The molecule has 7 nitrogen and oxygen atoms in total. The summed E-state index contributed by atoms with van der Waals surface area (Å²) < 4.78 is 48.1. The molecule has 0 aliphatic heterocycles. The van der Waals surface area contributed by atoms with E-state index in [4.69, 9.17) is 18.8 Å². The van der Waals surface area contributed by atoms with Crippen molar-refractivity contribution in [3.63, 3.8) is 0 Å². The van der Waals surface area contributed by atoms with Crippen LogP contribution in [-0.2, 0) is 28.8 Å². The fourth-order valence-electron chi connectivity index (χ4n) is 0.957. The van der Waals surface area contributed by atoms with Gasteiger partial charge in [-0.2, -0.15) is 8.42 Å². The SMILES string of the molecule is CC(C)COCCOCCOCCOS(=O)(=O)O. The lowest BCUT2D eigenvalue weighted by Gasteiger charge is -2.07. The second-order valence-electron chi connectivity index (χ2n) is 3.94. The molecule has 0 fully saturated rings. The lowest BCUT2D eigenvalue weighted by molar-refractivity contribution is 0.00492. The molecule has 0 spiro atoms. The van der Waals surface area contributed by atoms with E-state index in [1.54, 1.807) is 0 Å². The fourth-order valence-corrected chi connectivity index (χ4v) is 1.24. The van der Waals surface area contributed by atoms with Crippen LogP contribution in [-0.4, -0.2) is 59.2 Å². The molecule has 0 heterocycles. The summed E-state index contributed by atoms with van der Waals surface area (Å²) in [5.41, 5.74) is 0. The number of hydrogen-bond acceptors (Lipinski definition) is 6. The highest BCUT2D eigenvalue weighted by Gasteiger charge is 2.02. The highest BCUT2D eigenvalue weighted by Crippen LogP contribution is 1.92. The maximum Gasteiger partial charge on any atom is 0.397 e. The molecule has 0 saturated carbocycles. The quantitative estimate of drug-likeness (QED) is 0.413. The molecule has 0 aliphatic carbocycles. The maximum absolute atomic E-state index is 10.2. The van der Waals surface area contributed by atoms with Gasteiger partial charge in [-0.3, -0.25) is 4.55 Å². The Morgan fingerprint density at radius 3 is 1.78 bits per heavy atom. The van der Waals surface area contributed by atoms with E-state index in [0.29, 0.717) is 39.0 Å². The molecule has 0 saturated heterocycles. The van der Waals surface area contributed by atoms with Crippen molar-refractivity contribution in [1.29, 1.82) is 0 Å². The van der Waals surface area contributed by atoms with Crippen LogP contribution in [0, 0.1) is 5.92 Å². The minimum atomic E-state index is -4.37. The summed E-state index contributed by atoms with van der Waals surface area (Å²) >= 11 is 0. The molecule has 0 unspecified atom stereocenters. The average molecular weight is 286 g/mol. The van der Waals surface area contributed by atoms with Gasteiger partial charge in [0.15, 0.2) is 0 Å². The highest BCUT2D eigenvalue weighted by molar-refractivity contribution is 7.80. The minimum absolute atomic E-state index is 0.0764. The molecule has 18 heavy (non-hydrogen) atoms. The molecule has 0 bridgehead atoms. The summed E-state index contributed by atoms with van der Waals surface area (Å²) in [6.45, 7) is 6.50. The van der Waals surface area contributed by atoms with E-state index in [0.717, 1.165) is 0 Å². The standard InChI is InChI=1S/C10H22O7S/c1-10(2)9-16-6-5-14-3-4-15-7-8-17-18(11,12)13/h10H,3-9H2,1-2H3,(H,11,12,13). The summed E-state index contributed by atoms with van der Waals surface area (Å²) in [5, 5.41) is 0. The zero-order valence-electron chi connectivity index (χ0n) is 10.8. The van der Waals surface area contributed by atoms with E-state index in [1.807, 2.05) is 0 Å². The molecule has 0 aromatic carbocycles. The van der Waals surface area contributed by atoms with E-state index >= 15 is 0 Å². The van der Waals surface area contributed by atoms with Crippen molar-refractivity contribution in [2.45, 2.75) is 13.8 Å². The molecule has 0 amide bonds. The van der Waals surface area contributed by atoms with Crippen molar-refractivity contribution in [2.75, 3.05) is 46.2 Å². The molecule has 0 rings (SSSR count). The van der Waals surface area contributed by atoms with Crippen LogP contribution in [0.4, 0.5) is 0 Å². The van der Waals surface area contributed by atoms with E-state index in [-0.39, 0.29) is 13.2 Å². The lowest BCUT2D eigenvalue weighted by atomic mass is 10.2. The Labute approximate surface area is 108 Å². The van der Waals surface area contributed by atoms with Crippen LogP contribution in [0.3, 0.4) is 0 Å². The first-order valence-corrected chi connectivity index (χ1v) is 7.13. The average Bonchev–Trinajstić information content (AvgIpc) is 2.24. The third-order valence-corrected chi connectivity index (χ3v) is 2.12. The molecular weight excluding hydrogens is 264 g/mol. The van der Waals surface area contributed by atoms with Gasteiger partial charge in [0.1, 0.15) is 0 Å². The second kappa shape index (κ2) is 10.7. The monoisotopic (exact) mass is 286 g/mol. The van der Waals surface area contributed by atoms with Gasteiger partial charge in [-0.25, -0.2) is 4.18 Å². The highest BCUT2D eigenvalue weighted by atomic mass is 32.3. The van der Waals surface area contributed by atoms with Gasteiger partial charge in [-0.05, 0) is 5.92 Å². The first kappa shape index (κ1) is 17.8. The molecule has 0 aliphatic rings. The normalized spacial score (nSPS) is 12.2. The first-order valence-electron chi connectivity index (χ1n) is 5.77. The van der Waals surface area contributed by atoms with Crippen molar-refractivity contribution in [3.8, 4) is 0 Å². The van der Waals surface area contributed by atoms with Crippen molar-refractivity contribution >= 4 is 10.4 Å². The Kier molecular flexibility index (Phi) is 10.5. The van der Waals surface area contributed by atoms with Crippen LogP contribution in [0.1, 0.15) is 13.8 Å². The molecule has 110 valence electrons. The van der Waals surface area contributed by atoms with Gasteiger partial charge < -0.3 is 14.2 Å². The van der Waals surface area contributed by atoms with Crippen molar-refractivity contribution in [1.82, 2.24) is 0 Å². The lowest BCUT2D eigenvalue weighted by Crippen LogP contribution is -2.14. The van der Waals surface area contributed by atoms with Crippen LogP contribution >= 0.6 is 0 Å². The third kappa shape index (κ3) is 15.8. The van der Waals surface area contributed by atoms with Crippen LogP contribution in [0.25, 0.3) is 0 Å². The van der Waals surface area contributed by atoms with Gasteiger partial charge in [0.25, 0.3) is 0 Å². The molecule has 8 heteroatoms. The van der Waals surface area contributed by atoms with E-state index in [1.165, 1.54) is 0 Å². The Morgan fingerprint density at radius 2 is 1.33 bits per heavy atom. The van der Waals surface area contributed by atoms with Crippen LogP contribution in [0.5, 0.6) is 0 Å². The summed E-state index contributed by atoms with van der Waals surface area (Å²) in [7, 11) is -4.37. The van der Waals surface area contributed by atoms with E-state index in [9.17, 15) is 8.42 Å². The van der Waals surface area contributed by atoms with Gasteiger partial charge >= 0.3 is 10.4 Å². The number of hydrogen-bond donors (Lipinski definition) is 1. The second-order valence-corrected chi connectivity index (χ2v) is 5.03. The summed E-state index contributed by atoms with van der Waals surface area (Å²) in [6, 6.07) is 0. The first-order chi connectivity index (χ1) is 8.42. The minimum Gasteiger partial charge on any atom is -0.379 e. The molecule has 1 N–H and O–H groups in total. The fraction of sp³-hybridized carbons (Fsp3) is 1.00. The Balaban J connectivity index is 3.08. The number of ether oxygens (including phenoxy) is 3. The zero-order valence-corrected chi connectivity index (χ0v) is 11.6. The number of rotatable bonds is 12. The summed E-state index contributed by atoms with van der Waals surface area (Å²) in [6.07, 6.45) is 0. The topological polar surface area (TPSA) is 91.3 Å². The van der Waals surface area contributed by atoms with E-state index < -0.39 is 10.4 Å². The molecular formula is C10H22O7S. The molecule has 0 atom stereocenters. The van der Waals surface area contributed by atoms with Gasteiger partial charge in [0.05, 0.1) is 39.6 Å². The predicted octanol–water partition coefficient (Wildman–Crippen LogP) is 0.512. The largest absolute Gasteiger partial charge is 0.397 e. The Morgan fingerprint density at radius 1 is 0.889 bits per heavy atom. The van der Waals surface area contributed by atoms with Crippen molar-refractivity contribution in [2.24, 2.45) is 5.92 Å². The van der Waals surface area contributed by atoms with Crippen molar-refractivity contribution < 1.29 is 31.4 Å². The van der Waals surface area contributed by atoms with Crippen LogP contribution in [0.2, 0.25) is 0 Å². The van der Waals surface area contributed by atoms with Crippen LogP contribution in [0.15, 0.2) is 0 Å². The zero-order chi connectivity index (χ0) is 13.9. The van der Waals surface area contributed by atoms with Gasteiger partial charge in [-0.15, -0.1) is 0 Å². The molecule has 0 radical (unpaired) electrons. The molecule has 0 aromatic rings. The van der Waals surface area contributed by atoms with Gasteiger partial charge in [0, 0.05) is 6.61 Å². The third-order valence-electron chi connectivity index (χ3n) is 1.66. The Bertz CT molecular complexity index is 276. The van der Waals surface area contributed by atoms with Gasteiger partial charge in [0.2, 0.25) is 0 Å². The van der Waals surface area contributed by atoms with Crippen LogP contribution < -0.4 is 0 Å². The summed E-state index contributed by atoms with van der Waals surface area (Å²) in [4.78, 5) is 0. The Hall–Kier alpha value is -0.250.